The number of amides is 1. The van der Waals surface area contributed by atoms with Crippen molar-refractivity contribution in [3.63, 3.8) is 0 Å². The van der Waals surface area contributed by atoms with Crippen LogP contribution in [-0.2, 0) is 0 Å². The lowest BCUT2D eigenvalue weighted by Gasteiger charge is -2.21. The van der Waals surface area contributed by atoms with Crippen molar-refractivity contribution in [2.75, 3.05) is 25.0 Å². The van der Waals surface area contributed by atoms with Crippen molar-refractivity contribution in [3.8, 4) is 0 Å². The molecule has 0 unspecified atom stereocenters. The second-order valence-electron chi connectivity index (χ2n) is 5.53. The molecule has 1 fully saturated rings. The lowest BCUT2D eigenvalue weighted by Crippen LogP contribution is -2.34. The summed E-state index contributed by atoms with van der Waals surface area (Å²) < 4.78 is 0. The summed E-state index contributed by atoms with van der Waals surface area (Å²) in [4.78, 5) is 19.0. The lowest BCUT2D eigenvalue weighted by atomic mass is 10.2. The Hall–Kier alpha value is -1.58. The minimum absolute atomic E-state index is 0.0684. The summed E-state index contributed by atoms with van der Waals surface area (Å²) in [5, 5.41) is 3.23. The minimum atomic E-state index is 0.0684. The van der Waals surface area contributed by atoms with Crippen LogP contribution in [0.5, 0.6) is 0 Å². The van der Waals surface area contributed by atoms with Crippen LogP contribution in [-0.4, -0.2) is 35.4 Å². The van der Waals surface area contributed by atoms with E-state index in [1.54, 1.807) is 0 Å². The van der Waals surface area contributed by atoms with Crippen molar-refractivity contribution in [1.82, 2.24) is 9.88 Å². The van der Waals surface area contributed by atoms with Crippen LogP contribution in [0.25, 0.3) is 0 Å². The molecule has 1 aliphatic carbocycles. The van der Waals surface area contributed by atoms with Crippen molar-refractivity contribution >= 4 is 11.7 Å². The van der Waals surface area contributed by atoms with Gasteiger partial charge in [0.05, 0.1) is 0 Å². The van der Waals surface area contributed by atoms with Crippen LogP contribution in [0.15, 0.2) is 18.2 Å². The van der Waals surface area contributed by atoms with Crippen LogP contribution in [0.3, 0.4) is 0 Å². The Balaban J connectivity index is 2.04. The summed E-state index contributed by atoms with van der Waals surface area (Å²) in [6.07, 6.45) is 4.56. The average molecular weight is 275 g/mol. The van der Waals surface area contributed by atoms with E-state index in [-0.39, 0.29) is 5.91 Å². The zero-order chi connectivity index (χ0) is 14.4. The molecule has 1 heterocycles. The van der Waals surface area contributed by atoms with Crippen LogP contribution >= 0.6 is 0 Å². The van der Waals surface area contributed by atoms with Gasteiger partial charge in [0.2, 0.25) is 0 Å². The molecule has 4 heteroatoms. The van der Waals surface area contributed by atoms with E-state index in [0.29, 0.717) is 11.6 Å². The van der Waals surface area contributed by atoms with Gasteiger partial charge in [-0.3, -0.25) is 4.79 Å². The van der Waals surface area contributed by atoms with E-state index in [1.807, 2.05) is 23.1 Å². The van der Waals surface area contributed by atoms with E-state index in [4.69, 9.17) is 0 Å². The molecule has 2 rings (SSSR count). The van der Waals surface area contributed by atoms with Crippen molar-refractivity contribution in [3.05, 3.63) is 23.9 Å². The van der Waals surface area contributed by atoms with Gasteiger partial charge in [-0.2, -0.15) is 0 Å². The van der Waals surface area contributed by atoms with E-state index in [2.05, 4.69) is 24.1 Å². The molecule has 1 aliphatic rings. The maximum absolute atomic E-state index is 12.6. The van der Waals surface area contributed by atoms with Gasteiger partial charge in [-0.1, -0.05) is 19.9 Å². The van der Waals surface area contributed by atoms with Gasteiger partial charge in [0, 0.05) is 19.6 Å². The van der Waals surface area contributed by atoms with E-state index >= 15 is 0 Å². The van der Waals surface area contributed by atoms with Crippen LogP contribution in [0.1, 0.15) is 50.0 Å². The Labute approximate surface area is 121 Å². The molecule has 20 heavy (non-hydrogen) atoms. The number of hydrogen-bond acceptors (Lipinski definition) is 3. The maximum Gasteiger partial charge on any atom is 0.272 e. The third-order valence-corrected chi connectivity index (χ3v) is 3.48. The molecule has 0 radical (unpaired) electrons. The molecular formula is C16H25N3O. The Kier molecular flexibility index (Phi) is 5.39. The summed E-state index contributed by atoms with van der Waals surface area (Å²) >= 11 is 0. The minimum Gasteiger partial charge on any atom is -0.370 e. The van der Waals surface area contributed by atoms with Crippen LogP contribution in [0, 0.1) is 5.92 Å². The highest BCUT2D eigenvalue weighted by atomic mass is 16.2. The molecule has 0 saturated heterocycles. The highest BCUT2D eigenvalue weighted by molar-refractivity contribution is 5.92. The number of hydrogen-bond donors (Lipinski definition) is 1. The summed E-state index contributed by atoms with van der Waals surface area (Å²) in [6, 6.07) is 5.63. The predicted octanol–water partition coefficient (Wildman–Crippen LogP) is 3.17. The second-order valence-corrected chi connectivity index (χ2v) is 5.53. The van der Waals surface area contributed by atoms with E-state index < -0.39 is 0 Å². The van der Waals surface area contributed by atoms with Gasteiger partial charge in [-0.15, -0.1) is 0 Å². The first-order valence-electron chi connectivity index (χ1n) is 7.74. The van der Waals surface area contributed by atoms with Gasteiger partial charge in [-0.25, -0.2) is 4.98 Å². The van der Waals surface area contributed by atoms with Gasteiger partial charge < -0.3 is 10.2 Å². The summed E-state index contributed by atoms with van der Waals surface area (Å²) in [5.74, 6) is 1.58. The standard InChI is InChI=1S/C16H25N3O/c1-3-10-17-15-7-5-6-14(18-15)16(20)19(11-4-2)12-13-8-9-13/h5-7,13H,3-4,8-12H2,1-2H3,(H,17,18). The van der Waals surface area contributed by atoms with Crippen molar-refractivity contribution in [2.24, 2.45) is 5.92 Å². The molecule has 1 N–H and O–H groups in total. The Morgan fingerprint density at radius 2 is 2.15 bits per heavy atom. The topological polar surface area (TPSA) is 45.2 Å². The van der Waals surface area contributed by atoms with Crippen molar-refractivity contribution in [2.45, 2.75) is 39.5 Å². The molecular weight excluding hydrogens is 250 g/mol. The number of rotatable bonds is 8. The third-order valence-electron chi connectivity index (χ3n) is 3.48. The highest BCUT2D eigenvalue weighted by Gasteiger charge is 2.27. The zero-order valence-corrected chi connectivity index (χ0v) is 12.6. The third kappa shape index (κ3) is 4.22. The number of anilines is 1. The van der Waals surface area contributed by atoms with Crippen molar-refractivity contribution in [1.29, 1.82) is 0 Å². The molecule has 110 valence electrons. The first-order valence-corrected chi connectivity index (χ1v) is 7.74. The second kappa shape index (κ2) is 7.27. The molecule has 1 aromatic rings. The Bertz CT molecular complexity index is 443. The Morgan fingerprint density at radius 1 is 1.35 bits per heavy atom. The fraction of sp³-hybridized carbons (Fsp3) is 0.625. The normalized spacial score (nSPS) is 14.1. The van der Waals surface area contributed by atoms with Gasteiger partial charge >= 0.3 is 0 Å². The highest BCUT2D eigenvalue weighted by Crippen LogP contribution is 2.30. The smallest absolute Gasteiger partial charge is 0.272 e. The zero-order valence-electron chi connectivity index (χ0n) is 12.6. The number of carbonyl (C=O) groups excluding carboxylic acids is 1. The number of nitrogens with one attached hydrogen (secondary N) is 1. The molecule has 0 bridgehead atoms. The lowest BCUT2D eigenvalue weighted by molar-refractivity contribution is 0.0742. The molecule has 0 aromatic carbocycles. The van der Waals surface area contributed by atoms with Gasteiger partial charge in [0.15, 0.2) is 0 Å². The van der Waals surface area contributed by atoms with Crippen molar-refractivity contribution < 1.29 is 4.79 Å². The molecule has 4 nitrogen and oxygen atoms in total. The number of aromatic nitrogens is 1. The number of pyridine rings is 1. The van der Waals surface area contributed by atoms with E-state index in [1.165, 1.54) is 12.8 Å². The summed E-state index contributed by atoms with van der Waals surface area (Å²) in [7, 11) is 0. The molecule has 0 aliphatic heterocycles. The quantitative estimate of drug-likeness (QED) is 0.792. The van der Waals surface area contributed by atoms with E-state index in [0.717, 1.165) is 38.3 Å². The van der Waals surface area contributed by atoms with Gasteiger partial charge in [0.25, 0.3) is 5.91 Å². The number of carbonyl (C=O) groups is 1. The SMILES string of the molecule is CCCNc1cccc(C(=O)N(CCC)CC2CC2)n1. The van der Waals surface area contributed by atoms with Gasteiger partial charge in [0.1, 0.15) is 11.5 Å². The first kappa shape index (κ1) is 14.8. The fourth-order valence-corrected chi connectivity index (χ4v) is 2.23. The monoisotopic (exact) mass is 275 g/mol. The maximum atomic E-state index is 12.6. The van der Waals surface area contributed by atoms with E-state index in [9.17, 15) is 4.79 Å². The molecule has 0 spiro atoms. The molecule has 1 aromatic heterocycles. The Morgan fingerprint density at radius 3 is 2.80 bits per heavy atom. The molecule has 1 saturated carbocycles. The average Bonchev–Trinajstić information content (AvgIpc) is 3.28. The molecule has 1 amide bonds. The summed E-state index contributed by atoms with van der Waals surface area (Å²) in [6.45, 7) is 6.82. The predicted molar refractivity (Wildman–Crippen MR) is 81.9 cm³/mol. The largest absolute Gasteiger partial charge is 0.370 e. The van der Waals surface area contributed by atoms with Crippen LogP contribution in [0.4, 0.5) is 5.82 Å². The number of nitrogens with zero attached hydrogens (tertiary/aromatic N) is 2. The first-order chi connectivity index (χ1) is 9.74. The van der Waals surface area contributed by atoms with Crippen LogP contribution in [0.2, 0.25) is 0 Å². The van der Waals surface area contributed by atoms with Crippen LogP contribution < -0.4 is 5.32 Å². The van der Waals surface area contributed by atoms with Gasteiger partial charge in [-0.05, 0) is 43.7 Å². The summed E-state index contributed by atoms with van der Waals surface area (Å²) in [5.41, 5.74) is 0.556. The molecule has 0 atom stereocenters. The fourth-order valence-electron chi connectivity index (χ4n) is 2.23.